The number of hydrogen-bond donors (Lipinski definition) is 1. The largest absolute Gasteiger partial charge is 0.465 e. The van der Waals surface area contributed by atoms with Crippen molar-refractivity contribution in [1.82, 2.24) is 20.3 Å². The van der Waals surface area contributed by atoms with E-state index in [1.165, 1.54) is 0 Å². The van der Waals surface area contributed by atoms with E-state index in [4.69, 9.17) is 8.94 Å². The highest BCUT2D eigenvalue weighted by atomic mass is 79.9. The molecule has 3 heterocycles. The zero-order valence-electron chi connectivity index (χ0n) is 17.5. The summed E-state index contributed by atoms with van der Waals surface area (Å²) in [6, 6.07) is 13.3. The van der Waals surface area contributed by atoms with Crippen LogP contribution in [-0.2, 0) is 0 Å². The molecule has 0 bridgehead atoms. The van der Waals surface area contributed by atoms with Gasteiger partial charge in [-0.25, -0.2) is 0 Å². The third-order valence-corrected chi connectivity index (χ3v) is 5.92. The molecule has 0 radical (unpaired) electrons. The number of piperazine rings is 1. The third kappa shape index (κ3) is 5.77. The summed E-state index contributed by atoms with van der Waals surface area (Å²) in [4.78, 5) is 17.4. The molecule has 1 aliphatic heterocycles. The van der Waals surface area contributed by atoms with Crippen LogP contribution < -0.4 is 5.32 Å². The Labute approximate surface area is 196 Å². The Morgan fingerprint density at radius 3 is 2.52 bits per heavy atom. The predicted octanol–water partition coefficient (Wildman–Crippen LogP) is 4.15. The van der Waals surface area contributed by atoms with Crippen LogP contribution >= 0.6 is 28.3 Å². The Kier molecular flexibility index (Phi) is 7.94. The molecule has 3 aromatic rings. The van der Waals surface area contributed by atoms with E-state index in [2.05, 4.69) is 43.3 Å². The summed E-state index contributed by atoms with van der Waals surface area (Å²) in [6.07, 6.45) is 0. The van der Waals surface area contributed by atoms with E-state index in [1.807, 2.05) is 43.3 Å². The summed E-state index contributed by atoms with van der Waals surface area (Å²) in [7, 11) is 2.12. The first kappa shape index (κ1) is 23.5. The lowest BCUT2D eigenvalue weighted by Crippen LogP contribution is -2.48. The van der Waals surface area contributed by atoms with E-state index in [0.717, 1.165) is 47.7 Å². The van der Waals surface area contributed by atoms with Crippen molar-refractivity contribution in [3.63, 3.8) is 0 Å². The average Bonchev–Trinajstić information content (AvgIpc) is 3.39. The molecule has 1 aromatic carbocycles. The second-order valence-corrected chi connectivity index (χ2v) is 8.51. The summed E-state index contributed by atoms with van der Waals surface area (Å²) >= 11 is 3.41. The van der Waals surface area contributed by atoms with Crippen molar-refractivity contribution in [3.05, 3.63) is 64.2 Å². The van der Waals surface area contributed by atoms with Gasteiger partial charge in [0.25, 0.3) is 5.91 Å². The number of nitrogens with one attached hydrogen (secondary N) is 1. The van der Waals surface area contributed by atoms with E-state index in [-0.39, 0.29) is 30.0 Å². The number of carbonyl (C=O) groups is 1. The number of likely N-dealkylation sites (N-methyl/N-ethyl adjacent to an activating group) is 1. The molecule has 9 heteroatoms. The smallest absolute Gasteiger partial charge is 0.273 e. The molecule has 31 heavy (non-hydrogen) atoms. The van der Waals surface area contributed by atoms with Gasteiger partial charge in [0, 0.05) is 48.8 Å². The number of benzene rings is 1. The molecule has 1 amide bonds. The van der Waals surface area contributed by atoms with Gasteiger partial charge in [-0.1, -0.05) is 33.2 Å². The van der Waals surface area contributed by atoms with Gasteiger partial charge in [-0.3, -0.25) is 9.69 Å². The molecule has 0 saturated carbocycles. The Balaban J connectivity index is 0.00000272. The van der Waals surface area contributed by atoms with Crippen LogP contribution in [0.4, 0.5) is 0 Å². The summed E-state index contributed by atoms with van der Waals surface area (Å²) in [5.41, 5.74) is 1.13. The van der Waals surface area contributed by atoms with Crippen molar-refractivity contribution in [1.29, 1.82) is 0 Å². The topological polar surface area (TPSA) is 74.8 Å². The van der Waals surface area contributed by atoms with Gasteiger partial charge >= 0.3 is 0 Å². The molecule has 1 unspecified atom stereocenters. The van der Waals surface area contributed by atoms with Crippen molar-refractivity contribution in [2.45, 2.75) is 13.0 Å². The molecule has 1 aliphatic rings. The van der Waals surface area contributed by atoms with Crippen LogP contribution in [0.3, 0.4) is 0 Å². The van der Waals surface area contributed by atoms with Crippen LogP contribution in [0.15, 0.2) is 55.9 Å². The van der Waals surface area contributed by atoms with Gasteiger partial charge in [0.2, 0.25) is 0 Å². The standard InChI is InChI=1S/C22H25BrN4O3.ClH/c1-15-3-8-20(29-15)19(27-11-9-26(2)10-12-27)14-24-22(28)18-13-21(30-25-18)16-4-6-17(23)7-5-16;/h3-8,13,19H,9-12,14H2,1-2H3,(H,24,28);1H. The lowest BCUT2D eigenvalue weighted by molar-refractivity contribution is 0.0843. The number of aryl methyl sites for hydroxylation is 1. The van der Waals surface area contributed by atoms with Crippen LogP contribution in [0.25, 0.3) is 11.3 Å². The highest BCUT2D eigenvalue weighted by molar-refractivity contribution is 9.10. The third-order valence-electron chi connectivity index (χ3n) is 5.40. The zero-order chi connectivity index (χ0) is 21.1. The molecule has 1 saturated heterocycles. The number of furan rings is 1. The van der Waals surface area contributed by atoms with Crippen molar-refractivity contribution in [2.75, 3.05) is 39.8 Å². The van der Waals surface area contributed by atoms with E-state index in [1.54, 1.807) is 6.07 Å². The number of aromatic nitrogens is 1. The summed E-state index contributed by atoms with van der Waals surface area (Å²) in [6.45, 7) is 6.20. The number of amides is 1. The Morgan fingerprint density at radius 2 is 1.87 bits per heavy atom. The maximum Gasteiger partial charge on any atom is 0.273 e. The minimum atomic E-state index is -0.260. The van der Waals surface area contributed by atoms with Gasteiger partial charge in [0.05, 0.1) is 6.04 Å². The number of nitrogens with zero attached hydrogens (tertiary/aromatic N) is 3. The SMILES string of the molecule is Cc1ccc(C(CNC(=O)c2cc(-c3ccc(Br)cc3)on2)N2CCN(C)CC2)o1.Cl. The maximum absolute atomic E-state index is 12.7. The number of hydrogen-bond acceptors (Lipinski definition) is 6. The van der Waals surface area contributed by atoms with Crippen LogP contribution in [0.2, 0.25) is 0 Å². The fourth-order valence-electron chi connectivity index (χ4n) is 3.59. The highest BCUT2D eigenvalue weighted by Gasteiger charge is 2.27. The summed E-state index contributed by atoms with van der Waals surface area (Å²) < 4.78 is 12.2. The van der Waals surface area contributed by atoms with Crippen molar-refractivity contribution in [2.24, 2.45) is 0 Å². The monoisotopic (exact) mass is 508 g/mol. The van der Waals surface area contributed by atoms with E-state index in [9.17, 15) is 4.79 Å². The fraction of sp³-hybridized carbons (Fsp3) is 0.364. The van der Waals surface area contributed by atoms with Crippen molar-refractivity contribution >= 4 is 34.2 Å². The molecule has 0 spiro atoms. The van der Waals surface area contributed by atoms with Crippen LogP contribution in [0, 0.1) is 6.92 Å². The Bertz CT molecular complexity index is 996. The van der Waals surface area contributed by atoms with Crippen LogP contribution in [-0.4, -0.2) is 60.6 Å². The summed E-state index contributed by atoms with van der Waals surface area (Å²) in [5, 5.41) is 6.95. The van der Waals surface area contributed by atoms with Gasteiger partial charge in [0.1, 0.15) is 11.5 Å². The molecular weight excluding hydrogens is 484 g/mol. The highest BCUT2D eigenvalue weighted by Crippen LogP contribution is 2.25. The molecule has 1 N–H and O–H groups in total. The minimum absolute atomic E-state index is 0. The number of halogens is 2. The molecule has 4 rings (SSSR count). The van der Waals surface area contributed by atoms with E-state index >= 15 is 0 Å². The predicted molar refractivity (Wildman–Crippen MR) is 124 cm³/mol. The average molecular weight is 510 g/mol. The Morgan fingerprint density at radius 1 is 1.16 bits per heavy atom. The normalized spacial score (nSPS) is 16.0. The Hall–Kier alpha value is -2.13. The molecule has 166 valence electrons. The van der Waals surface area contributed by atoms with Crippen LogP contribution in [0.1, 0.15) is 28.1 Å². The first-order valence-electron chi connectivity index (χ1n) is 9.99. The molecular formula is C22H26BrClN4O3. The van der Waals surface area contributed by atoms with Crippen molar-refractivity contribution in [3.8, 4) is 11.3 Å². The van der Waals surface area contributed by atoms with E-state index in [0.29, 0.717) is 12.3 Å². The van der Waals surface area contributed by atoms with Gasteiger partial charge in [-0.05, 0) is 38.2 Å². The maximum atomic E-state index is 12.7. The second kappa shape index (κ2) is 10.5. The fourth-order valence-corrected chi connectivity index (χ4v) is 3.85. The van der Waals surface area contributed by atoms with Gasteiger partial charge in [0.15, 0.2) is 11.5 Å². The van der Waals surface area contributed by atoms with E-state index < -0.39 is 0 Å². The lowest BCUT2D eigenvalue weighted by Gasteiger charge is -2.37. The minimum Gasteiger partial charge on any atom is -0.465 e. The molecule has 0 aliphatic carbocycles. The molecule has 1 atom stereocenters. The van der Waals surface area contributed by atoms with Crippen LogP contribution in [0.5, 0.6) is 0 Å². The lowest BCUT2D eigenvalue weighted by atomic mass is 10.1. The van der Waals surface area contributed by atoms with Gasteiger partial charge < -0.3 is 19.2 Å². The molecule has 7 nitrogen and oxygen atoms in total. The quantitative estimate of drug-likeness (QED) is 0.538. The van der Waals surface area contributed by atoms with Crippen molar-refractivity contribution < 1.29 is 13.7 Å². The molecule has 2 aromatic heterocycles. The van der Waals surface area contributed by atoms with Gasteiger partial charge in [-0.2, -0.15) is 0 Å². The second-order valence-electron chi connectivity index (χ2n) is 7.60. The number of rotatable bonds is 6. The zero-order valence-corrected chi connectivity index (χ0v) is 19.9. The first-order chi connectivity index (χ1) is 14.5. The molecule has 1 fully saturated rings. The summed E-state index contributed by atoms with van der Waals surface area (Å²) in [5.74, 6) is 2.04. The number of carbonyl (C=O) groups excluding carboxylic acids is 1. The van der Waals surface area contributed by atoms with Gasteiger partial charge in [-0.15, -0.1) is 12.4 Å². The first-order valence-corrected chi connectivity index (χ1v) is 10.8.